The van der Waals surface area contributed by atoms with Crippen molar-refractivity contribution in [1.29, 1.82) is 0 Å². The van der Waals surface area contributed by atoms with Crippen LogP contribution in [0.1, 0.15) is 0 Å². The number of phenols is 1. The van der Waals surface area contributed by atoms with Gasteiger partial charge in [-0.15, -0.1) is 0 Å². The molecule has 5 N–H and O–H groups in total. The molecule has 0 bridgehead atoms. The quantitative estimate of drug-likeness (QED) is 0.435. The molecule has 4 atom stereocenters. The fraction of sp³-hybridized carbons (Fsp3) is 0.500. The average molecular weight is 258 g/mol. The SMILES string of the molecule is OC[C@H]1OC[C@H](O)[C@@H](O)[C@H]1O.Oc1ccccc1. The second-order valence-electron chi connectivity index (χ2n) is 3.94. The van der Waals surface area contributed by atoms with Crippen molar-refractivity contribution in [3.05, 3.63) is 30.3 Å². The minimum absolute atomic E-state index is 0.0521. The summed E-state index contributed by atoms with van der Waals surface area (Å²) in [6.07, 6.45) is -4.27. The van der Waals surface area contributed by atoms with Gasteiger partial charge in [0.15, 0.2) is 0 Å². The first kappa shape index (κ1) is 14.9. The van der Waals surface area contributed by atoms with Crippen LogP contribution in [0.3, 0.4) is 0 Å². The Morgan fingerprint density at radius 1 is 1.06 bits per heavy atom. The molecular weight excluding hydrogens is 240 g/mol. The Morgan fingerprint density at radius 3 is 2.11 bits per heavy atom. The molecule has 1 aliphatic heterocycles. The number of benzene rings is 1. The van der Waals surface area contributed by atoms with Gasteiger partial charge in [0.25, 0.3) is 0 Å². The summed E-state index contributed by atoms with van der Waals surface area (Å²) in [6.45, 7) is -0.408. The van der Waals surface area contributed by atoms with Gasteiger partial charge in [-0.25, -0.2) is 0 Å². The van der Waals surface area contributed by atoms with Crippen LogP contribution in [0.2, 0.25) is 0 Å². The Morgan fingerprint density at radius 2 is 1.67 bits per heavy atom. The minimum Gasteiger partial charge on any atom is -0.508 e. The molecule has 102 valence electrons. The van der Waals surface area contributed by atoms with E-state index in [-0.39, 0.29) is 13.2 Å². The molecule has 0 unspecified atom stereocenters. The zero-order chi connectivity index (χ0) is 13.5. The van der Waals surface area contributed by atoms with Gasteiger partial charge in [-0.3, -0.25) is 0 Å². The van der Waals surface area contributed by atoms with E-state index in [1.165, 1.54) is 0 Å². The van der Waals surface area contributed by atoms with Gasteiger partial charge in [-0.1, -0.05) is 18.2 Å². The van der Waals surface area contributed by atoms with Gasteiger partial charge in [0.1, 0.15) is 30.2 Å². The van der Waals surface area contributed by atoms with Crippen LogP contribution in [0.4, 0.5) is 0 Å². The number of rotatable bonds is 1. The van der Waals surface area contributed by atoms with Crippen LogP contribution in [0.5, 0.6) is 5.75 Å². The van der Waals surface area contributed by atoms with Crippen molar-refractivity contribution in [2.45, 2.75) is 24.4 Å². The van der Waals surface area contributed by atoms with Crippen molar-refractivity contribution < 1.29 is 30.3 Å². The zero-order valence-corrected chi connectivity index (χ0v) is 9.75. The second kappa shape index (κ2) is 7.30. The molecule has 0 spiro atoms. The molecule has 1 fully saturated rings. The first-order chi connectivity index (χ1) is 8.56. The number of hydrogen-bond acceptors (Lipinski definition) is 6. The van der Waals surface area contributed by atoms with E-state index in [4.69, 9.17) is 30.3 Å². The highest BCUT2D eigenvalue weighted by Gasteiger charge is 2.36. The standard InChI is InChI=1S/C6H12O5.C6H6O/c7-1-4-6(10)5(9)3(8)2-11-4;7-6-4-2-1-3-5-6/h3-10H,1-2H2;1-5,7H/t3-,4+,5+,6-;/m0./s1. The number of ether oxygens (including phenoxy) is 1. The minimum atomic E-state index is -1.22. The van der Waals surface area contributed by atoms with Gasteiger partial charge in [0.2, 0.25) is 0 Å². The highest BCUT2D eigenvalue weighted by molar-refractivity contribution is 5.18. The molecule has 1 aromatic carbocycles. The maximum absolute atomic E-state index is 9.11. The predicted molar refractivity (Wildman–Crippen MR) is 63.0 cm³/mol. The Kier molecular flexibility index (Phi) is 6.03. The molecule has 0 saturated carbocycles. The van der Waals surface area contributed by atoms with Crippen LogP contribution in [0, 0.1) is 0 Å². The molecule has 1 heterocycles. The lowest BCUT2D eigenvalue weighted by Gasteiger charge is -2.34. The summed E-state index contributed by atoms with van der Waals surface area (Å²) >= 11 is 0. The van der Waals surface area contributed by atoms with Crippen molar-refractivity contribution in [2.75, 3.05) is 13.2 Å². The number of aliphatic hydroxyl groups is 4. The molecular formula is C12H18O6. The van der Waals surface area contributed by atoms with E-state index in [0.29, 0.717) is 5.75 Å². The Labute approximate surface area is 105 Å². The summed E-state index contributed by atoms with van der Waals surface area (Å²) in [5.41, 5.74) is 0. The van der Waals surface area contributed by atoms with E-state index in [9.17, 15) is 0 Å². The van der Waals surface area contributed by atoms with Crippen LogP contribution in [-0.4, -0.2) is 63.2 Å². The van der Waals surface area contributed by atoms with Crippen molar-refractivity contribution >= 4 is 0 Å². The van der Waals surface area contributed by atoms with Gasteiger partial charge in [-0.05, 0) is 12.1 Å². The van der Waals surface area contributed by atoms with Crippen LogP contribution in [0.25, 0.3) is 0 Å². The first-order valence-corrected chi connectivity index (χ1v) is 5.57. The van der Waals surface area contributed by atoms with Gasteiger partial charge < -0.3 is 30.3 Å². The summed E-state index contributed by atoms with van der Waals surface area (Å²) in [4.78, 5) is 0. The third-order valence-corrected chi connectivity index (χ3v) is 2.54. The number of para-hydroxylation sites is 1. The summed E-state index contributed by atoms with van der Waals surface area (Å²) in [5.74, 6) is 0.322. The van der Waals surface area contributed by atoms with E-state index < -0.39 is 24.4 Å². The summed E-state index contributed by atoms with van der Waals surface area (Å²) < 4.78 is 4.81. The van der Waals surface area contributed by atoms with Crippen molar-refractivity contribution in [2.24, 2.45) is 0 Å². The molecule has 0 aromatic heterocycles. The normalized spacial score (nSPS) is 31.3. The highest BCUT2D eigenvalue weighted by Crippen LogP contribution is 2.14. The molecule has 0 radical (unpaired) electrons. The lowest BCUT2D eigenvalue weighted by Crippen LogP contribution is -2.53. The van der Waals surface area contributed by atoms with E-state index in [1.807, 2.05) is 6.07 Å². The Hall–Kier alpha value is -1.18. The topological polar surface area (TPSA) is 110 Å². The van der Waals surface area contributed by atoms with Crippen LogP contribution < -0.4 is 0 Å². The lowest BCUT2D eigenvalue weighted by molar-refractivity contribution is -0.195. The number of phenolic OH excluding ortho intramolecular Hbond substituents is 1. The van der Waals surface area contributed by atoms with E-state index in [2.05, 4.69) is 0 Å². The molecule has 0 amide bonds. The molecule has 18 heavy (non-hydrogen) atoms. The predicted octanol–water partition coefficient (Wildman–Crippen LogP) is -1.15. The third-order valence-electron chi connectivity index (χ3n) is 2.54. The maximum atomic E-state index is 9.11. The zero-order valence-electron chi connectivity index (χ0n) is 9.75. The summed E-state index contributed by atoms with van der Waals surface area (Å²) in [5, 5.41) is 44.3. The van der Waals surface area contributed by atoms with Crippen molar-refractivity contribution in [3.63, 3.8) is 0 Å². The van der Waals surface area contributed by atoms with E-state index >= 15 is 0 Å². The largest absolute Gasteiger partial charge is 0.508 e. The van der Waals surface area contributed by atoms with Gasteiger partial charge >= 0.3 is 0 Å². The monoisotopic (exact) mass is 258 g/mol. The number of hydrogen-bond donors (Lipinski definition) is 5. The number of aromatic hydroxyl groups is 1. The second-order valence-corrected chi connectivity index (χ2v) is 3.94. The van der Waals surface area contributed by atoms with E-state index in [0.717, 1.165) is 0 Å². The molecule has 1 aliphatic rings. The van der Waals surface area contributed by atoms with Crippen LogP contribution in [-0.2, 0) is 4.74 Å². The smallest absolute Gasteiger partial charge is 0.115 e. The maximum Gasteiger partial charge on any atom is 0.115 e. The van der Waals surface area contributed by atoms with Gasteiger partial charge in [0.05, 0.1) is 13.2 Å². The highest BCUT2D eigenvalue weighted by atomic mass is 16.5. The Balaban J connectivity index is 0.000000199. The fourth-order valence-corrected chi connectivity index (χ4v) is 1.46. The van der Waals surface area contributed by atoms with E-state index in [1.54, 1.807) is 24.3 Å². The molecule has 6 heteroatoms. The average Bonchev–Trinajstić information content (AvgIpc) is 2.38. The Bertz CT molecular complexity index is 329. The third kappa shape index (κ3) is 4.25. The van der Waals surface area contributed by atoms with Gasteiger partial charge in [-0.2, -0.15) is 0 Å². The summed E-state index contributed by atoms with van der Waals surface area (Å²) in [7, 11) is 0. The van der Waals surface area contributed by atoms with Crippen LogP contribution >= 0.6 is 0 Å². The van der Waals surface area contributed by atoms with Crippen LogP contribution in [0.15, 0.2) is 30.3 Å². The molecule has 0 aliphatic carbocycles. The van der Waals surface area contributed by atoms with Gasteiger partial charge in [0, 0.05) is 0 Å². The molecule has 6 nitrogen and oxygen atoms in total. The van der Waals surface area contributed by atoms with Crippen molar-refractivity contribution in [1.82, 2.24) is 0 Å². The van der Waals surface area contributed by atoms with Crippen molar-refractivity contribution in [3.8, 4) is 5.75 Å². The molecule has 2 rings (SSSR count). The summed E-state index contributed by atoms with van der Waals surface area (Å²) in [6, 6.07) is 8.71. The number of aliphatic hydroxyl groups excluding tert-OH is 4. The molecule has 1 saturated heterocycles. The molecule has 1 aromatic rings. The fourth-order valence-electron chi connectivity index (χ4n) is 1.46. The first-order valence-electron chi connectivity index (χ1n) is 5.57. The lowest BCUT2D eigenvalue weighted by atomic mass is 10.0.